The molecule has 0 aliphatic heterocycles. The summed E-state index contributed by atoms with van der Waals surface area (Å²) >= 11 is 3.59. The molecular weight excluding hydrogens is 292 g/mol. The molecular formula is C13H23BrN4. The Kier molecular flexibility index (Phi) is 6.39. The van der Waals surface area contributed by atoms with Crippen LogP contribution in [0.15, 0.2) is 10.8 Å². The van der Waals surface area contributed by atoms with Crippen molar-refractivity contribution in [1.82, 2.24) is 9.97 Å². The Bertz CT molecular complexity index is 368. The van der Waals surface area contributed by atoms with Crippen LogP contribution in [0.2, 0.25) is 0 Å². The number of anilines is 2. The zero-order valence-corrected chi connectivity index (χ0v) is 13.3. The van der Waals surface area contributed by atoms with Crippen molar-refractivity contribution in [1.29, 1.82) is 0 Å². The van der Waals surface area contributed by atoms with Crippen molar-refractivity contribution in [3.8, 4) is 0 Å². The van der Waals surface area contributed by atoms with E-state index >= 15 is 0 Å². The second-order valence-electron chi connectivity index (χ2n) is 4.60. The predicted octanol–water partition coefficient (Wildman–Crippen LogP) is 3.69. The minimum atomic E-state index is 0.428. The number of aromatic nitrogens is 2. The van der Waals surface area contributed by atoms with Crippen molar-refractivity contribution in [2.45, 2.75) is 46.1 Å². The smallest absolute Gasteiger partial charge is 0.148 e. The van der Waals surface area contributed by atoms with E-state index in [1.165, 1.54) is 19.3 Å². The zero-order chi connectivity index (χ0) is 13.5. The summed E-state index contributed by atoms with van der Waals surface area (Å²) in [6.45, 7) is 7.64. The third-order valence-corrected chi connectivity index (χ3v) is 3.64. The summed E-state index contributed by atoms with van der Waals surface area (Å²) in [4.78, 5) is 10.9. The van der Waals surface area contributed by atoms with E-state index in [0.717, 1.165) is 22.7 Å². The van der Waals surface area contributed by atoms with Crippen LogP contribution in [0.3, 0.4) is 0 Å². The molecule has 0 bridgehead atoms. The molecule has 5 heteroatoms. The van der Waals surface area contributed by atoms with Crippen molar-refractivity contribution in [2.24, 2.45) is 0 Å². The van der Waals surface area contributed by atoms with Crippen molar-refractivity contribution in [3.63, 3.8) is 0 Å². The van der Waals surface area contributed by atoms with E-state index in [2.05, 4.69) is 56.9 Å². The first-order valence-electron chi connectivity index (χ1n) is 6.56. The van der Waals surface area contributed by atoms with E-state index < -0.39 is 0 Å². The summed E-state index contributed by atoms with van der Waals surface area (Å²) < 4.78 is 0.942. The third kappa shape index (κ3) is 3.83. The van der Waals surface area contributed by atoms with Gasteiger partial charge in [-0.15, -0.1) is 0 Å². The highest BCUT2D eigenvalue weighted by molar-refractivity contribution is 9.10. The van der Waals surface area contributed by atoms with Gasteiger partial charge in [-0.05, 0) is 36.2 Å². The molecule has 1 aromatic heterocycles. The zero-order valence-electron chi connectivity index (χ0n) is 11.7. The fraction of sp³-hybridized carbons (Fsp3) is 0.692. The minimum Gasteiger partial charge on any atom is -0.372 e. The van der Waals surface area contributed by atoms with Crippen LogP contribution >= 0.6 is 15.9 Å². The first-order chi connectivity index (χ1) is 8.61. The van der Waals surface area contributed by atoms with Crippen LogP contribution < -0.4 is 10.2 Å². The fourth-order valence-electron chi connectivity index (χ4n) is 1.88. The van der Waals surface area contributed by atoms with Gasteiger partial charge in [0.15, 0.2) is 0 Å². The number of hydrogen-bond acceptors (Lipinski definition) is 4. The second-order valence-corrected chi connectivity index (χ2v) is 5.40. The van der Waals surface area contributed by atoms with Gasteiger partial charge in [-0.3, -0.25) is 0 Å². The Morgan fingerprint density at radius 3 is 2.61 bits per heavy atom. The first-order valence-corrected chi connectivity index (χ1v) is 7.36. The maximum absolute atomic E-state index is 4.42. The molecule has 0 atom stereocenters. The van der Waals surface area contributed by atoms with Crippen LogP contribution in [0.4, 0.5) is 11.6 Å². The van der Waals surface area contributed by atoms with E-state index in [4.69, 9.17) is 0 Å². The molecule has 1 heterocycles. The van der Waals surface area contributed by atoms with Crippen LogP contribution in [0.5, 0.6) is 0 Å². The van der Waals surface area contributed by atoms with Crippen LogP contribution in [0.25, 0.3) is 0 Å². The van der Waals surface area contributed by atoms with Crippen LogP contribution in [-0.2, 0) is 0 Å². The van der Waals surface area contributed by atoms with Gasteiger partial charge in [-0.25, -0.2) is 9.97 Å². The quantitative estimate of drug-likeness (QED) is 0.779. The Balaban J connectivity index is 2.91. The first kappa shape index (κ1) is 15.2. The third-order valence-electron chi connectivity index (χ3n) is 2.91. The second kappa shape index (κ2) is 7.56. The molecule has 0 aliphatic carbocycles. The lowest BCUT2D eigenvalue weighted by atomic mass is 10.2. The van der Waals surface area contributed by atoms with Crippen LogP contribution in [0.1, 0.15) is 40.0 Å². The Labute approximate surface area is 118 Å². The molecule has 0 unspecified atom stereocenters. The summed E-state index contributed by atoms with van der Waals surface area (Å²) in [6.07, 6.45) is 5.30. The van der Waals surface area contributed by atoms with Gasteiger partial charge in [0.2, 0.25) is 0 Å². The Hall–Kier alpha value is -0.840. The lowest BCUT2D eigenvalue weighted by Crippen LogP contribution is -2.33. The fourth-order valence-corrected chi connectivity index (χ4v) is 2.51. The maximum Gasteiger partial charge on any atom is 0.148 e. The van der Waals surface area contributed by atoms with Crippen molar-refractivity contribution < 1.29 is 0 Å². The van der Waals surface area contributed by atoms with Gasteiger partial charge in [0.25, 0.3) is 0 Å². The Morgan fingerprint density at radius 1 is 1.33 bits per heavy atom. The Morgan fingerprint density at radius 2 is 2.06 bits per heavy atom. The number of unbranched alkanes of at least 4 members (excludes halogenated alkanes) is 2. The van der Waals surface area contributed by atoms with E-state index in [0.29, 0.717) is 6.04 Å². The summed E-state index contributed by atoms with van der Waals surface area (Å²) in [6, 6.07) is 0.428. The number of hydrogen-bond donors (Lipinski definition) is 1. The van der Waals surface area contributed by atoms with Crippen LogP contribution in [-0.4, -0.2) is 29.6 Å². The molecule has 0 aliphatic rings. The molecule has 102 valence electrons. The van der Waals surface area contributed by atoms with E-state index in [9.17, 15) is 0 Å². The SMILES string of the molecule is CCCCCN(c1ncnc(NC)c1Br)C(C)C. The lowest BCUT2D eigenvalue weighted by Gasteiger charge is -2.29. The van der Waals surface area contributed by atoms with E-state index in [1.54, 1.807) is 6.33 Å². The van der Waals surface area contributed by atoms with Gasteiger partial charge in [0, 0.05) is 19.6 Å². The summed E-state index contributed by atoms with van der Waals surface area (Å²) in [5, 5.41) is 3.07. The number of nitrogens with one attached hydrogen (secondary N) is 1. The summed E-state index contributed by atoms with van der Waals surface area (Å²) in [5.41, 5.74) is 0. The van der Waals surface area contributed by atoms with E-state index in [-0.39, 0.29) is 0 Å². The normalized spacial score (nSPS) is 10.8. The van der Waals surface area contributed by atoms with Gasteiger partial charge in [0.05, 0.1) is 0 Å². The molecule has 0 saturated heterocycles. The van der Waals surface area contributed by atoms with Crippen LogP contribution in [0, 0.1) is 0 Å². The predicted molar refractivity (Wildman–Crippen MR) is 81.3 cm³/mol. The maximum atomic E-state index is 4.42. The largest absolute Gasteiger partial charge is 0.372 e. The molecule has 1 aromatic rings. The minimum absolute atomic E-state index is 0.428. The van der Waals surface area contributed by atoms with E-state index in [1.807, 2.05) is 7.05 Å². The molecule has 18 heavy (non-hydrogen) atoms. The van der Waals surface area contributed by atoms with Crippen molar-refractivity contribution in [3.05, 3.63) is 10.8 Å². The topological polar surface area (TPSA) is 41.1 Å². The van der Waals surface area contributed by atoms with Gasteiger partial charge < -0.3 is 10.2 Å². The molecule has 1 N–H and O–H groups in total. The highest BCUT2D eigenvalue weighted by Gasteiger charge is 2.17. The average Bonchev–Trinajstić information content (AvgIpc) is 2.35. The molecule has 0 saturated carbocycles. The van der Waals surface area contributed by atoms with Gasteiger partial charge in [0.1, 0.15) is 22.4 Å². The molecule has 0 fully saturated rings. The number of nitrogens with zero attached hydrogens (tertiary/aromatic N) is 3. The molecule has 0 radical (unpaired) electrons. The number of rotatable bonds is 7. The molecule has 4 nitrogen and oxygen atoms in total. The molecule has 0 spiro atoms. The monoisotopic (exact) mass is 314 g/mol. The average molecular weight is 315 g/mol. The standard InChI is InChI=1S/C13H23BrN4/c1-5-6-7-8-18(10(2)3)13-11(14)12(15-4)16-9-17-13/h9-10H,5-8H2,1-4H3,(H,15,16,17). The van der Waals surface area contributed by atoms with Gasteiger partial charge in [-0.1, -0.05) is 19.8 Å². The summed E-state index contributed by atoms with van der Waals surface area (Å²) in [5.74, 6) is 1.81. The molecule has 1 rings (SSSR count). The van der Waals surface area contributed by atoms with Crippen molar-refractivity contribution in [2.75, 3.05) is 23.8 Å². The molecule has 0 amide bonds. The van der Waals surface area contributed by atoms with Gasteiger partial charge in [-0.2, -0.15) is 0 Å². The lowest BCUT2D eigenvalue weighted by molar-refractivity contribution is 0.618. The highest BCUT2D eigenvalue weighted by Crippen LogP contribution is 2.30. The molecule has 0 aromatic carbocycles. The van der Waals surface area contributed by atoms with Gasteiger partial charge >= 0.3 is 0 Å². The van der Waals surface area contributed by atoms with Crippen molar-refractivity contribution >= 4 is 27.6 Å². The summed E-state index contributed by atoms with van der Waals surface area (Å²) in [7, 11) is 1.87. The highest BCUT2D eigenvalue weighted by atomic mass is 79.9. The number of halogens is 1.